The molecule has 3 unspecified atom stereocenters. The predicted octanol–water partition coefficient (Wildman–Crippen LogP) is 8.95. The van der Waals surface area contributed by atoms with E-state index in [0.29, 0.717) is 17.7 Å². The summed E-state index contributed by atoms with van der Waals surface area (Å²) in [7, 11) is 0. The number of hydrogen-bond acceptors (Lipinski definition) is 4. The molecule has 0 spiro atoms. The van der Waals surface area contributed by atoms with Crippen molar-refractivity contribution in [2.24, 2.45) is 16.3 Å². The SMILES string of the molecule is C=C(C=NC(/C=C(\C)C1(C(F)(F)F)CCC1)=C(\C)C(C)CC)C1CCCCC(CO)N1.CC.CC.CC(C)O. The summed E-state index contributed by atoms with van der Waals surface area (Å²) in [5, 5.41) is 21.0. The second kappa shape index (κ2) is 20.4. The second-order valence-corrected chi connectivity index (χ2v) is 10.4. The summed E-state index contributed by atoms with van der Waals surface area (Å²) in [6.45, 7) is 23.4. The molecule has 0 aromatic heterocycles. The number of nitrogens with zero attached hydrogens (tertiary/aromatic N) is 1. The Hall–Kier alpha value is -1.44. The van der Waals surface area contributed by atoms with Gasteiger partial charge in [-0.1, -0.05) is 73.0 Å². The second-order valence-electron chi connectivity index (χ2n) is 10.4. The first kappa shape index (κ1) is 39.7. The first-order chi connectivity index (χ1) is 18.3. The molecule has 3 atom stereocenters. The third kappa shape index (κ3) is 13.2. The molecule has 230 valence electrons. The lowest BCUT2D eigenvalue weighted by atomic mass is 9.63. The number of hydrogen-bond donors (Lipinski definition) is 3. The molecule has 1 heterocycles. The van der Waals surface area contributed by atoms with Crippen LogP contribution in [0.1, 0.15) is 121 Å². The lowest BCUT2D eigenvalue weighted by Gasteiger charge is -2.44. The summed E-state index contributed by atoms with van der Waals surface area (Å²) in [5.74, 6) is 0.225. The summed E-state index contributed by atoms with van der Waals surface area (Å²) < 4.78 is 41.4. The van der Waals surface area contributed by atoms with Gasteiger partial charge in [-0.3, -0.25) is 4.99 Å². The monoisotopic (exact) mass is 560 g/mol. The summed E-state index contributed by atoms with van der Waals surface area (Å²) >= 11 is 0. The molecule has 2 aliphatic rings. The van der Waals surface area contributed by atoms with E-state index in [4.69, 9.17) is 5.11 Å². The molecule has 0 aromatic rings. The van der Waals surface area contributed by atoms with E-state index in [2.05, 4.69) is 30.7 Å². The molecule has 39 heavy (non-hydrogen) atoms. The maximum Gasteiger partial charge on any atom is 0.398 e. The zero-order valence-corrected chi connectivity index (χ0v) is 26.5. The average Bonchev–Trinajstić information content (AvgIpc) is 3.12. The van der Waals surface area contributed by atoms with Crippen LogP contribution in [0.4, 0.5) is 13.2 Å². The number of nitrogens with one attached hydrogen (secondary N) is 1. The minimum atomic E-state index is -4.24. The highest BCUT2D eigenvalue weighted by Gasteiger charge is 2.59. The van der Waals surface area contributed by atoms with Crippen molar-refractivity contribution in [3.05, 3.63) is 35.1 Å². The normalized spacial score (nSPS) is 22.5. The Morgan fingerprint density at radius 1 is 1.05 bits per heavy atom. The van der Waals surface area contributed by atoms with E-state index in [1.165, 1.54) is 0 Å². The van der Waals surface area contributed by atoms with Crippen molar-refractivity contribution in [3.63, 3.8) is 0 Å². The van der Waals surface area contributed by atoms with Gasteiger partial charge < -0.3 is 15.5 Å². The van der Waals surface area contributed by atoms with Crippen LogP contribution in [0.15, 0.2) is 40.1 Å². The van der Waals surface area contributed by atoms with Crippen LogP contribution in [0.25, 0.3) is 0 Å². The van der Waals surface area contributed by atoms with Gasteiger partial charge in [0.2, 0.25) is 0 Å². The van der Waals surface area contributed by atoms with E-state index in [1.807, 2.05) is 34.6 Å². The molecule has 2 fully saturated rings. The number of aliphatic hydroxyl groups excluding tert-OH is 2. The maximum absolute atomic E-state index is 13.8. The minimum Gasteiger partial charge on any atom is -0.395 e. The van der Waals surface area contributed by atoms with Crippen molar-refractivity contribution in [2.45, 2.75) is 145 Å². The topological polar surface area (TPSA) is 64.9 Å². The van der Waals surface area contributed by atoms with Gasteiger partial charge in [0.15, 0.2) is 0 Å². The van der Waals surface area contributed by atoms with Gasteiger partial charge in [-0.15, -0.1) is 0 Å². The van der Waals surface area contributed by atoms with E-state index in [9.17, 15) is 18.3 Å². The highest BCUT2D eigenvalue weighted by atomic mass is 19.4. The fourth-order valence-corrected chi connectivity index (χ4v) is 4.46. The molecule has 4 nitrogen and oxygen atoms in total. The summed E-state index contributed by atoms with van der Waals surface area (Å²) in [6, 6.07) is 0.0636. The van der Waals surface area contributed by atoms with Crippen molar-refractivity contribution in [1.82, 2.24) is 5.32 Å². The Morgan fingerprint density at radius 3 is 1.97 bits per heavy atom. The number of aliphatic hydroxyl groups is 2. The van der Waals surface area contributed by atoms with Gasteiger partial charge in [-0.2, -0.15) is 13.2 Å². The van der Waals surface area contributed by atoms with Crippen LogP contribution < -0.4 is 5.32 Å². The van der Waals surface area contributed by atoms with Crippen LogP contribution in [-0.4, -0.2) is 47.4 Å². The molecular weight excluding hydrogens is 501 g/mol. The fourth-order valence-electron chi connectivity index (χ4n) is 4.46. The van der Waals surface area contributed by atoms with E-state index in [1.54, 1.807) is 33.1 Å². The molecule has 0 radical (unpaired) electrons. The van der Waals surface area contributed by atoms with Crippen LogP contribution in [0.3, 0.4) is 0 Å². The highest BCUT2D eigenvalue weighted by molar-refractivity contribution is 5.80. The molecule has 7 heteroatoms. The lowest BCUT2D eigenvalue weighted by molar-refractivity contribution is -0.234. The van der Waals surface area contributed by atoms with E-state index < -0.39 is 11.6 Å². The van der Waals surface area contributed by atoms with Gasteiger partial charge in [-0.25, -0.2) is 0 Å². The number of rotatable bonds is 8. The predicted molar refractivity (Wildman–Crippen MR) is 162 cm³/mol. The van der Waals surface area contributed by atoms with E-state index in [0.717, 1.165) is 43.3 Å². The van der Waals surface area contributed by atoms with Crippen molar-refractivity contribution in [2.75, 3.05) is 6.61 Å². The maximum atomic E-state index is 13.8. The van der Waals surface area contributed by atoms with Crippen LogP contribution in [0.5, 0.6) is 0 Å². The van der Waals surface area contributed by atoms with Crippen LogP contribution in [0.2, 0.25) is 0 Å². The highest BCUT2D eigenvalue weighted by Crippen LogP contribution is 2.57. The molecule has 1 aliphatic heterocycles. The zero-order chi connectivity index (χ0) is 30.8. The van der Waals surface area contributed by atoms with Crippen molar-refractivity contribution < 1.29 is 23.4 Å². The third-order valence-electron chi connectivity index (χ3n) is 7.38. The largest absolute Gasteiger partial charge is 0.398 e. The van der Waals surface area contributed by atoms with E-state index >= 15 is 0 Å². The summed E-state index contributed by atoms with van der Waals surface area (Å²) in [5.41, 5.74) is 1.03. The van der Waals surface area contributed by atoms with Crippen LogP contribution in [0, 0.1) is 11.3 Å². The van der Waals surface area contributed by atoms with E-state index in [-0.39, 0.29) is 43.6 Å². The fraction of sp³-hybridized carbons (Fsp3) is 0.781. The first-order valence-electron chi connectivity index (χ1n) is 15.0. The Morgan fingerprint density at radius 2 is 1.56 bits per heavy atom. The Labute approximate surface area is 238 Å². The molecule has 1 saturated heterocycles. The molecule has 1 aliphatic carbocycles. The first-order valence-corrected chi connectivity index (χ1v) is 15.0. The number of aliphatic imine (C=N–C) groups is 1. The van der Waals surface area contributed by atoms with Crippen LogP contribution in [-0.2, 0) is 0 Å². The molecule has 0 aromatic carbocycles. The van der Waals surface area contributed by atoms with Crippen molar-refractivity contribution in [1.29, 1.82) is 0 Å². The lowest BCUT2D eigenvalue weighted by Crippen LogP contribution is -2.44. The molecule has 1 saturated carbocycles. The van der Waals surface area contributed by atoms with Gasteiger partial charge in [0, 0.05) is 24.4 Å². The summed E-state index contributed by atoms with van der Waals surface area (Å²) in [4.78, 5) is 4.65. The van der Waals surface area contributed by atoms with Gasteiger partial charge in [0.05, 0.1) is 17.7 Å². The molecular formula is C32H59F3N2O2. The van der Waals surface area contributed by atoms with Gasteiger partial charge in [0.1, 0.15) is 0 Å². The number of halogens is 3. The Kier molecular flexibility index (Phi) is 20.8. The van der Waals surface area contributed by atoms with Crippen molar-refractivity contribution >= 4 is 6.21 Å². The molecule has 0 amide bonds. The minimum absolute atomic E-state index is 0.0202. The van der Waals surface area contributed by atoms with Gasteiger partial charge in [0.25, 0.3) is 0 Å². The standard InChI is InChI=1S/C25H39F3N2O.C3H8O.2C2H6/c1-6-17(2)20(5)23(14-19(4)24(12-9-13-24)25(26,27)28)29-15-18(3)22-11-8-7-10-21(16-31)30-22;1-3(2)4;2*1-2/h14-15,17,21-22,30-31H,3,6-13,16H2,1-2,4-5H3;3-4H,1-2H3;2*1-2H3/b19-14+,23-20+,29-15?;;;. The smallest absolute Gasteiger partial charge is 0.395 e. The average molecular weight is 561 g/mol. The van der Waals surface area contributed by atoms with Crippen LogP contribution >= 0.6 is 0 Å². The molecule has 3 N–H and O–H groups in total. The van der Waals surface area contributed by atoms with Gasteiger partial charge >= 0.3 is 6.18 Å². The van der Waals surface area contributed by atoms with Gasteiger partial charge in [-0.05, 0) is 82.9 Å². The molecule has 0 bridgehead atoms. The quantitative estimate of drug-likeness (QED) is 0.205. The third-order valence-corrected chi connectivity index (χ3v) is 7.38. The van der Waals surface area contributed by atoms with Crippen molar-refractivity contribution in [3.8, 4) is 0 Å². The molecule has 2 rings (SSSR count). The number of allylic oxidation sites excluding steroid dienone is 3. The zero-order valence-electron chi connectivity index (χ0n) is 26.5. The Balaban J connectivity index is 0. The summed E-state index contributed by atoms with van der Waals surface area (Å²) in [6.07, 6.45) is 4.68. The Bertz CT molecular complexity index is 763. The number of alkyl halides is 3.